The van der Waals surface area contributed by atoms with E-state index in [-0.39, 0.29) is 11.8 Å². The van der Waals surface area contributed by atoms with E-state index in [1.54, 1.807) is 0 Å². The second-order valence-corrected chi connectivity index (χ2v) is 4.57. The van der Waals surface area contributed by atoms with E-state index < -0.39 is 0 Å². The molecular formula is C15H23NO. The Kier molecular flexibility index (Phi) is 6.56. The van der Waals surface area contributed by atoms with Gasteiger partial charge >= 0.3 is 0 Å². The fraction of sp³-hybridized carbons (Fsp3) is 0.533. The van der Waals surface area contributed by atoms with Gasteiger partial charge in [0.1, 0.15) is 5.78 Å². The molecule has 0 amide bonds. The lowest BCUT2D eigenvalue weighted by Crippen LogP contribution is -2.32. The molecule has 0 aliphatic carbocycles. The molecule has 1 rings (SSSR count). The van der Waals surface area contributed by atoms with E-state index >= 15 is 0 Å². The van der Waals surface area contributed by atoms with Crippen LogP contribution >= 0.6 is 0 Å². The number of unbranched alkanes of at least 4 members (excludes halogenated alkanes) is 3. The van der Waals surface area contributed by atoms with E-state index in [1.165, 1.54) is 12.8 Å². The van der Waals surface area contributed by atoms with Crippen molar-refractivity contribution in [2.45, 2.75) is 51.5 Å². The van der Waals surface area contributed by atoms with E-state index in [0.29, 0.717) is 12.8 Å². The van der Waals surface area contributed by atoms with Crippen molar-refractivity contribution in [3.63, 3.8) is 0 Å². The Bertz CT molecular complexity index is 321. The molecule has 2 N–H and O–H groups in total. The van der Waals surface area contributed by atoms with Crippen LogP contribution in [-0.2, 0) is 11.2 Å². The van der Waals surface area contributed by atoms with Crippen LogP contribution in [0.25, 0.3) is 0 Å². The van der Waals surface area contributed by atoms with Crippen LogP contribution in [0.15, 0.2) is 30.3 Å². The fourth-order valence-electron chi connectivity index (χ4n) is 1.89. The lowest BCUT2D eigenvalue weighted by Gasteiger charge is -2.10. The summed E-state index contributed by atoms with van der Waals surface area (Å²) in [6, 6.07) is 9.64. The van der Waals surface area contributed by atoms with Crippen LogP contribution in [0.4, 0.5) is 0 Å². The molecule has 0 heterocycles. The van der Waals surface area contributed by atoms with E-state index in [2.05, 4.69) is 6.92 Å². The van der Waals surface area contributed by atoms with Crippen LogP contribution in [-0.4, -0.2) is 11.8 Å². The molecule has 17 heavy (non-hydrogen) atoms. The van der Waals surface area contributed by atoms with E-state index in [1.807, 2.05) is 30.3 Å². The van der Waals surface area contributed by atoms with Crippen LogP contribution in [0, 0.1) is 0 Å². The molecule has 1 aromatic rings. The maximum absolute atomic E-state index is 11.8. The van der Waals surface area contributed by atoms with Crippen molar-refractivity contribution in [2.24, 2.45) is 5.73 Å². The minimum atomic E-state index is -0.334. The van der Waals surface area contributed by atoms with E-state index in [9.17, 15) is 4.79 Å². The summed E-state index contributed by atoms with van der Waals surface area (Å²) in [5.41, 5.74) is 7.06. The normalized spacial score (nSPS) is 12.4. The van der Waals surface area contributed by atoms with Crippen molar-refractivity contribution in [1.29, 1.82) is 0 Å². The predicted octanol–water partition coefficient (Wildman–Crippen LogP) is 3.10. The highest BCUT2D eigenvalue weighted by Gasteiger charge is 2.13. The maximum Gasteiger partial charge on any atom is 0.149 e. The molecule has 1 aromatic carbocycles. The number of carbonyl (C=O) groups excluding carboxylic acids is 1. The third-order valence-electron chi connectivity index (χ3n) is 2.99. The minimum Gasteiger partial charge on any atom is -0.321 e. The SMILES string of the molecule is CCCCCCC(=O)C(N)Cc1ccccc1. The van der Waals surface area contributed by atoms with Gasteiger partial charge in [-0.2, -0.15) is 0 Å². The van der Waals surface area contributed by atoms with Crippen LogP contribution in [0.2, 0.25) is 0 Å². The maximum atomic E-state index is 11.8. The molecule has 1 atom stereocenters. The highest BCUT2D eigenvalue weighted by molar-refractivity contribution is 5.84. The number of nitrogens with two attached hydrogens (primary N) is 1. The first-order chi connectivity index (χ1) is 8.24. The van der Waals surface area contributed by atoms with Gasteiger partial charge in [-0.1, -0.05) is 56.5 Å². The topological polar surface area (TPSA) is 43.1 Å². The molecule has 94 valence electrons. The van der Waals surface area contributed by atoms with E-state index in [0.717, 1.165) is 18.4 Å². The number of rotatable bonds is 8. The smallest absolute Gasteiger partial charge is 0.149 e. The Hall–Kier alpha value is -1.15. The van der Waals surface area contributed by atoms with Crippen LogP contribution in [0.3, 0.4) is 0 Å². The molecule has 0 aliphatic rings. The van der Waals surface area contributed by atoms with Gasteiger partial charge in [0.25, 0.3) is 0 Å². The van der Waals surface area contributed by atoms with Gasteiger partial charge in [-0.15, -0.1) is 0 Å². The summed E-state index contributed by atoms with van der Waals surface area (Å²) < 4.78 is 0. The lowest BCUT2D eigenvalue weighted by atomic mass is 9.99. The Morgan fingerprint density at radius 2 is 1.88 bits per heavy atom. The summed E-state index contributed by atoms with van der Waals surface area (Å²) in [5, 5.41) is 0. The standard InChI is InChI=1S/C15H23NO/c1-2-3-4-8-11-15(17)14(16)12-13-9-6-5-7-10-13/h5-7,9-10,14H,2-4,8,11-12,16H2,1H3. The summed E-state index contributed by atoms with van der Waals surface area (Å²) in [6.45, 7) is 2.17. The summed E-state index contributed by atoms with van der Waals surface area (Å²) in [7, 11) is 0. The zero-order chi connectivity index (χ0) is 12.5. The van der Waals surface area contributed by atoms with Gasteiger partial charge in [-0.05, 0) is 18.4 Å². The average Bonchev–Trinajstić information content (AvgIpc) is 2.35. The third kappa shape index (κ3) is 5.64. The number of carbonyl (C=O) groups is 1. The first kappa shape index (κ1) is 13.9. The molecule has 0 radical (unpaired) electrons. The Morgan fingerprint density at radius 1 is 1.18 bits per heavy atom. The zero-order valence-corrected chi connectivity index (χ0v) is 10.7. The molecule has 0 saturated carbocycles. The molecule has 2 nitrogen and oxygen atoms in total. The van der Waals surface area contributed by atoms with Crippen molar-refractivity contribution in [3.8, 4) is 0 Å². The highest BCUT2D eigenvalue weighted by Crippen LogP contribution is 2.07. The number of benzene rings is 1. The number of ketones is 1. The highest BCUT2D eigenvalue weighted by atomic mass is 16.1. The van der Waals surface area contributed by atoms with Crippen LogP contribution in [0.5, 0.6) is 0 Å². The zero-order valence-electron chi connectivity index (χ0n) is 10.7. The molecule has 0 spiro atoms. The molecule has 0 bridgehead atoms. The number of hydrogen-bond donors (Lipinski definition) is 1. The monoisotopic (exact) mass is 233 g/mol. The van der Waals surface area contributed by atoms with E-state index in [4.69, 9.17) is 5.73 Å². The van der Waals surface area contributed by atoms with Gasteiger partial charge in [-0.25, -0.2) is 0 Å². The number of hydrogen-bond acceptors (Lipinski definition) is 2. The Morgan fingerprint density at radius 3 is 2.53 bits per heavy atom. The second-order valence-electron chi connectivity index (χ2n) is 4.57. The molecule has 2 heteroatoms. The first-order valence-corrected chi connectivity index (χ1v) is 6.56. The quantitative estimate of drug-likeness (QED) is 0.701. The molecule has 1 unspecified atom stereocenters. The van der Waals surface area contributed by atoms with Gasteiger partial charge in [0.2, 0.25) is 0 Å². The average molecular weight is 233 g/mol. The van der Waals surface area contributed by atoms with Gasteiger partial charge in [-0.3, -0.25) is 4.79 Å². The Labute approximate surface area is 104 Å². The van der Waals surface area contributed by atoms with Crippen molar-refractivity contribution in [1.82, 2.24) is 0 Å². The van der Waals surface area contributed by atoms with Gasteiger partial charge in [0, 0.05) is 6.42 Å². The van der Waals surface area contributed by atoms with Crippen LogP contribution < -0.4 is 5.73 Å². The largest absolute Gasteiger partial charge is 0.321 e. The summed E-state index contributed by atoms with van der Waals surface area (Å²) in [6.07, 6.45) is 5.82. The van der Waals surface area contributed by atoms with Crippen LogP contribution in [0.1, 0.15) is 44.6 Å². The summed E-state index contributed by atoms with van der Waals surface area (Å²) in [4.78, 5) is 11.8. The van der Waals surface area contributed by atoms with Crippen molar-refractivity contribution >= 4 is 5.78 Å². The minimum absolute atomic E-state index is 0.199. The second kappa shape index (κ2) is 8.02. The molecular weight excluding hydrogens is 210 g/mol. The van der Waals surface area contributed by atoms with Crippen molar-refractivity contribution in [3.05, 3.63) is 35.9 Å². The van der Waals surface area contributed by atoms with Crippen molar-refractivity contribution < 1.29 is 4.79 Å². The van der Waals surface area contributed by atoms with Gasteiger partial charge in [0.15, 0.2) is 0 Å². The molecule has 0 fully saturated rings. The van der Waals surface area contributed by atoms with Gasteiger partial charge < -0.3 is 5.73 Å². The predicted molar refractivity (Wildman–Crippen MR) is 71.9 cm³/mol. The third-order valence-corrected chi connectivity index (χ3v) is 2.99. The fourth-order valence-corrected chi connectivity index (χ4v) is 1.89. The first-order valence-electron chi connectivity index (χ1n) is 6.56. The van der Waals surface area contributed by atoms with Crippen molar-refractivity contribution in [2.75, 3.05) is 0 Å². The number of Topliss-reactive ketones (excluding diaryl/α,β-unsaturated/α-hetero) is 1. The van der Waals surface area contributed by atoms with Gasteiger partial charge in [0.05, 0.1) is 6.04 Å². The molecule has 0 saturated heterocycles. The summed E-state index contributed by atoms with van der Waals surface area (Å²) in [5.74, 6) is 0.199. The molecule has 0 aromatic heterocycles. The summed E-state index contributed by atoms with van der Waals surface area (Å²) >= 11 is 0. The Balaban J connectivity index is 2.27. The molecule has 0 aliphatic heterocycles. The lowest BCUT2D eigenvalue weighted by molar-refractivity contribution is -0.120.